The van der Waals surface area contributed by atoms with Gasteiger partial charge in [0.15, 0.2) is 0 Å². The maximum absolute atomic E-state index is 12.2. The van der Waals surface area contributed by atoms with Gasteiger partial charge in [-0.1, -0.05) is 23.5 Å². The van der Waals surface area contributed by atoms with Gasteiger partial charge in [-0.05, 0) is 12.1 Å². The molecule has 0 unspecified atom stereocenters. The number of carbonyl (C=O) groups is 1. The first-order valence-corrected chi connectivity index (χ1v) is 5.82. The Morgan fingerprint density at radius 3 is 2.74 bits per heavy atom. The van der Waals surface area contributed by atoms with Gasteiger partial charge < -0.3 is 10.5 Å². The Labute approximate surface area is 110 Å². The quantitative estimate of drug-likeness (QED) is 0.896. The van der Waals surface area contributed by atoms with Crippen LogP contribution in [0.3, 0.4) is 0 Å². The van der Waals surface area contributed by atoms with Crippen LogP contribution in [0.25, 0.3) is 0 Å². The van der Waals surface area contributed by atoms with E-state index in [-0.39, 0.29) is 21.6 Å². The summed E-state index contributed by atoms with van der Waals surface area (Å²) < 4.78 is 28.7. The molecule has 100 valence electrons. The molecule has 0 fully saturated rings. The van der Waals surface area contributed by atoms with Gasteiger partial charge in [-0.15, -0.1) is 10.2 Å². The molecule has 1 amide bonds. The van der Waals surface area contributed by atoms with Gasteiger partial charge in [-0.25, -0.2) is 0 Å². The van der Waals surface area contributed by atoms with Gasteiger partial charge in [0.1, 0.15) is 5.75 Å². The number of para-hydroxylation sites is 1. The third-order valence-electron chi connectivity index (χ3n) is 2.01. The molecule has 0 spiro atoms. The Morgan fingerprint density at radius 2 is 2.11 bits per heavy atom. The van der Waals surface area contributed by atoms with E-state index in [0.29, 0.717) is 0 Å². The number of alkyl halides is 2. The fourth-order valence-electron chi connectivity index (χ4n) is 1.30. The summed E-state index contributed by atoms with van der Waals surface area (Å²) in [4.78, 5) is 11.9. The molecule has 0 radical (unpaired) electrons. The predicted molar refractivity (Wildman–Crippen MR) is 65.3 cm³/mol. The lowest BCUT2D eigenvalue weighted by Crippen LogP contribution is -2.14. The Hall–Kier alpha value is -2.29. The SMILES string of the molecule is Nc1nnc(NC(=O)c2ccccc2OC(F)F)s1. The molecule has 19 heavy (non-hydrogen) atoms. The number of nitrogens with two attached hydrogens (primary N) is 1. The highest BCUT2D eigenvalue weighted by Crippen LogP contribution is 2.23. The molecule has 2 rings (SSSR count). The molecule has 0 aliphatic heterocycles. The van der Waals surface area contributed by atoms with Crippen molar-refractivity contribution >= 4 is 27.5 Å². The minimum absolute atomic E-state index is 0.0310. The first-order chi connectivity index (χ1) is 9.06. The van der Waals surface area contributed by atoms with Gasteiger partial charge in [0, 0.05) is 0 Å². The van der Waals surface area contributed by atoms with E-state index >= 15 is 0 Å². The number of anilines is 2. The normalized spacial score (nSPS) is 10.5. The van der Waals surface area contributed by atoms with Crippen LogP contribution in [0.4, 0.5) is 19.0 Å². The molecule has 0 aliphatic carbocycles. The van der Waals surface area contributed by atoms with Crippen molar-refractivity contribution in [3.05, 3.63) is 29.8 Å². The number of amides is 1. The van der Waals surface area contributed by atoms with Crippen LogP contribution in [0.2, 0.25) is 0 Å². The molecule has 2 aromatic rings. The number of nitrogens with one attached hydrogen (secondary N) is 1. The summed E-state index contributed by atoms with van der Waals surface area (Å²) in [5.41, 5.74) is 5.33. The Balaban J connectivity index is 2.18. The van der Waals surface area contributed by atoms with E-state index in [9.17, 15) is 13.6 Å². The van der Waals surface area contributed by atoms with Crippen LogP contribution < -0.4 is 15.8 Å². The minimum Gasteiger partial charge on any atom is -0.434 e. The van der Waals surface area contributed by atoms with E-state index in [1.54, 1.807) is 0 Å². The van der Waals surface area contributed by atoms with Crippen LogP contribution in [0.15, 0.2) is 24.3 Å². The summed E-state index contributed by atoms with van der Waals surface area (Å²) >= 11 is 0.965. The Morgan fingerprint density at radius 1 is 1.37 bits per heavy atom. The Kier molecular flexibility index (Phi) is 3.85. The van der Waals surface area contributed by atoms with E-state index in [0.717, 1.165) is 11.3 Å². The molecule has 0 saturated heterocycles. The molecule has 1 aromatic heterocycles. The number of nitrogen functional groups attached to an aromatic ring is 1. The van der Waals surface area contributed by atoms with E-state index in [4.69, 9.17) is 5.73 Å². The smallest absolute Gasteiger partial charge is 0.387 e. The number of benzene rings is 1. The molecule has 3 N–H and O–H groups in total. The molecule has 1 heterocycles. The number of rotatable bonds is 4. The number of nitrogens with zero attached hydrogens (tertiary/aromatic N) is 2. The van der Waals surface area contributed by atoms with Gasteiger partial charge in [-0.2, -0.15) is 8.78 Å². The van der Waals surface area contributed by atoms with Crippen molar-refractivity contribution in [2.24, 2.45) is 0 Å². The molecular weight excluding hydrogens is 278 g/mol. The number of aromatic nitrogens is 2. The monoisotopic (exact) mass is 286 g/mol. The fraction of sp³-hybridized carbons (Fsp3) is 0.100. The first kappa shape index (κ1) is 13.1. The first-order valence-electron chi connectivity index (χ1n) is 5.00. The summed E-state index contributed by atoms with van der Waals surface area (Å²) in [7, 11) is 0. The highest BCUT2D eigenvalue weighted by Gasteiger charge is 2.16. The number of halogens is 2. The lowest BCUT2D eigenvalue weighted by Gasteiger charge is -2.09. The third kappa shape index (κ3) is 3.35. The van der Waals surface area contributed by atoms with E-state index < -0.39 is 12.5 Å². The molecule has 0 saturated carbocycles. The number of hydrogen-bond donors (Lipinski definition) is 2. The molecule has 0 aliphatic rings. The van der Waals surface area contributed by atoms with Crippen LogP contribution >= 0.6 is 11.3 Å². The van der Waals surface area contributed by atoms with Gasteiger partial charge in [0.25, 0.3) is 5.91 Å². The topological polar surface area (TPSA) is 90.1 Å². The number of carbonyl (C=O) groups excluding carboxylic acids is 1. The van der Waals surface area contributed by atoms with Crippen LogP contribution in [-0.4, -0.2) is 22.7 Å². The summed E-state index contributed by atoms with van der Waals surface area (Å²) in [6.07, 6.45) is 0. The summed E-state index contributed by atoms with van der Waals surface area (Å²) in [6.45, 7) is -3.01. The molecule has 0 bridgehead atoms. The predicted octanol–water partition coefficient (Wildman–Crippen LogP) is 1.97. The average Bonchev–Trinajstić information content (AvgIpc) is 2.74. The number of ether oxygens (including phenoxy) is 1. The Bertz CT molecular complexity index is 590. The van der Waals surface area contributed by atoms with Crippen molar-refractivity contribution in [2.45, 2.75) is 6.61 Å². The summed E-state index contributed by atoms with van der Waals surface area (Å²) in [5.74, 6) is -0.847. The van der Waals surface area contributed by atoms with Crippen molar-refractivity contribution in [3.8, 4) is 5.75 Å². The van der Waals surface area contributed by atoms with Crippen molar-refractivity contribution in [1.82, 2.24) is 10.2 Å². The van der Waals surface area contributed by atoms with Crippen molar-refractivity contribution < 1.29 is 18.3 Å². The largest absolute Gasteiger partial charge is 0.434 e. The highest BCUT2D eigenvalue weighted by molar-refractivity contribution is 7.19. The molecule has 6 nitrogen and oxygen atoms in total. The summed E-state index contributed by atoms with van der Waals surface area (Å²) in [5, 5.41) is 9.87. The van der Waals surface area contributed by atoms with Crippen LogP contribution in [0, 0.1) is 0 Å². The van der Waals surface area contributed by atoms with E-state index in [1.165, 1.54) is 24.3 Å². The van der Waals surface area contributed by atoms with Crippen LogP contribution in [-0.2, 0) is 0 Å². The second-order valence-electron chi connectivity index (χ2n) is 3.27. The van der Waals surface area contributed by atoms with Crippen molar-refractivity contribution in [2.75, 3.05) is 11.1 Å². The average molecular weight is 286 g/mol. The van der Waals surface area contributed by atoms with Crippen molar-refractivity contribution in [1.29, 1.82) is 0 Å². The van der Waals surface area contributed by atoms with Gasteiger partial charge in [-0.3, -0.25) is 10.1 Å². The van der Waals surface area contributed by atoms with E-state index in [2.05, 4.69) is 20.3 Å². The second kappa shape index (κ2) is 5.57. The lowest BCUT2D eigenvalue weighted by atomic mass is 10.2. The second-order valence-corrected chi connectivity index (χ2v) is 4.28. The lowest BCUT2D eigenvalue weighted by molar-refractivity contribution is -0.0501. The standard InChI is InChI=1S/C10H8F2N4O2S/c11-8(12)18-6-4-2-1-3-5(6)7(17)14-10-16-15-9(13)19-10/h1-4,8H,(H2,13,15)(H,14,16,17). The third-order valence-corrected chi connectivity index (χ3v) is 2.68. The highest BCUT2D eigenvalue weighted by atomic mass is 32.1. The minimum atomic E-state index is -3.01. The maximum Gasteiger partial charge on any atom is 0.387 e. The zero-order chi connectivity index (χ0) is 13.8. The zero-order valence-corrected chi connectivity index (χ0v) is 10.2. The fourth-order valence-corrected chi connectivity index (χ4v) is 1.81. The van der Waals surface area contributed by atoms with Gasteiger partial charge in [0.05, 0.1) is 5.56 Å². The summed E-state index contributed by atoms with van der Waals surface area (Å²) in [6, 6.07) is 5.64. The van der Waals surface area contributed by atoms with E-state index in [1.807, 2.05) is 0 Å². The molecular formula is C10H8F2N4O2S. The van der Waals surface area contributed by atoms with Crippen LogP contribution in [0.5, 0.6) is 5.75 Å². The maximum atomic E-state index is 12.2. The van der Waals surface area contributed by atoms with Gasteiger partial charge in [0.2, 0.25) is 10.3 Å². The van der Waals surface area contributed by atoms with Crippen LogP contribution in [0.1, 0.15) is 10.4 Å². The molecule has 0 atom stereocenters. The molecule has 1 aromatic carbocycles. The zero-order valence-electron chi connectivity index (χ0n) is 9.34. The molecule has 9 heteroatoms. The van der Waals surface area contributed by atoms with Gasteiger partial charge >= 0.3 is 6.61 Å². The number of hydrogen-bond acceptors (Lipinski definition) is 6. The van der Waals surface area contributed by atoms with Crippen molar-refractivity contribution in [3.63, 3.8) is 0 Å².